The van der Waals surface area contributed by atoms with Gasteiger partial charge in [-0.15, -0.1) is 0 Å². The summed E-state index contributed by atoms with van der Waals surface area (Å²) in [4.78, 5) is 20.6. The van der Waals surface area contributed by atoms with Crippen LogP contribution >= 0.6 is 15.9 Å². The summed E-state index contributed by atoms with van der Waals surface area (Å²) in [6.07, 6.45) is 0. The third-order valence-electron chi connectivity index (χ3n) is 5.19. The van der Waals surface area contributed by atoms with Gasteiger partial charge in [0.15, 0.2) is 0 Å². The van der Waals surface area contributed by atoms with Gasteiger partial charge in [-0.2, -0.15) is 0 Å². The first-order chi connectivity index (χ1) is 14.2. The first-order valence-corrected chi connectivity index (χ1v) is 12.0. The molecule has 7 heteroatoms. The number of nitrogens with zero attached hydrogens (tertiary/aromatic N) is 2. The number of aromatic nitrogens is 1. The summed E-state index contributed by atoms with van der Waals surface area (Å²) < 4.78 is 12.0. The van der Waals surface area contributed by atoms with Crippen LogP contribution in [0.4, 0.5) is 11.5 Å². The highest BCUT2D eigenvalue weighted by molar-refractivity contribution is 9.10. The van der Waals surface area contributed by atoms with Crippen LogP contribution in [0.2, 0.25) is 0 Å². The molecule has 1 N–H and O–H groups in total. The van der Waals surface area contributed by atoms with E-state index in [9.17, 15) is 9.00 Å². The van der Waals surface area contributed by atoms with Crippen molar-refractivity contribution in [3.8, 4) is 0 Å². The van der Waals surface area contributed by atoms with Crippen LogP contribution in [0.1, 0.15) is 25.0 Å². The maximum Gasteiger partial charge on any atom is 0.240 e. The molecule has 1 atom stereocenters. The number of anilines is 2. The molecule has 5 nitrogen and oxygen atoms in total. The Morgan fingerprint density at radius 1 is 1.20 bits per heavy atom. The number of rotatable bonds is 3. The first-order valence-electron chi connectivity index (χ1n) is 9.85. The lowest BCUT2D eigenvalue weighted by Gasteiger charge is -2.24. The van der Waals surface area contributed by atoms with Crippen LogP contribution in [0.3, 0.4) is 0 Å². The number of alkyl halides is 1. The normalized spacial score (nSPS) is 16.8. The summed E-state index contributed by atoms with van der Waals surface area (Å²) in [7, 11) is -1.03. The third kappa shape index (κ3) is 4.27. The molecule has 3 aromatic rings. The van der Waals surface area contributed by atoms with Gasteiger partial charge in [-0.25, -0.2) is 4.98 Å². The molecule has 0 aliphatic carbocycles. The van der Waals surface area contributed by atoms with Gasteiger partial charge in [-0.05, 0) is 44.5 Å². The maximum absolute atomic E-state index is 12.7. The SMILES string of the molecule is Cc1ccc2nc(N3CCS(=O)c4ccccc4C3)cc(NC(=O)C(C)(C)Br)c2c1. The first kappa shape index (κ1) is 21.0. The zero-order chi connectivity index (χ0) is 21.5. The second-order valence-electron chi connectivity index (χ2n) is 8.05. The van der Waals surface area contributed by atoms with E-state index in [1.807, 2.05) is 69.3 Å². The molecular weight excluding hydrogens is 462 g/mol. The van der Waals surface area contributed by atoms with Gasteiger partial charge in [-0.3, -0.25) is 9.00 Å². The maximum atomic E-state index is 12.7. The van der Waals surface area contributed by atoms with Gasteiger partial charge in [0.25, 0.3) is 0 Å². The van der Waals surface area contributed by atoms with Crippen molar-refractivity contribution in [3.05, 3.63) is 59.7 Å². The predicted octanol–water partition coefficient (Wildman–Crippen LogP) is 4.78. The smallest absolute Gasteiger partial charge is 0.240 e. The van der Waals surface area contributed by atoms with E-state index in [2.05, 4.69) is 26.1 Å². The lowest BCUT2D eigenvalue weighted by atomic mass is 10.1. The van der Waals surface area contributed by atoms with E-state index in [4.69, 9.17) is 4.98 Å². The Labute approximate surface area is 187 Å². The number of benzene rings is 2. The van der Waals surface area contributed by atoms with E-state index >= 15 is 0 Å². The molecule has 0 radical (unpaired) electrons. The third-order valence-corrected chi connectivity index (χ3v) is 6.99. The highest BCUT2D eigenvalue weighted by Gasteiger charge is 2.25. The summed E-state index contributed by atoms with van der Waals surface area (Å²) in [5, 5.41) is 3.97. The Balaban J connectivity index is 1.79. The summed E-state index contributed by atoms with van der Waals surface area (Å²) in [5.41, 5.74) is 3.70. The lowest BCUT2D eigenvalue weighted by molar-refractivity contribution is -0.117. The van der Waals surface area contributed by atoms with Crippen molar-refractivity contribution < 1.29 is 9.00 Å². The van der Waals surface area contributed by atoms with Crippen molar-refractivity contribution in [1.82, 2.24) is 4.98 Å². The molecule has 2 heterocycles. The lowest BCUT2D eigenvalue weighted by Crippen LogP contribution is -2.31. The molecule has 4 rings (SSSR count). The van der Waals surface area contributed by atoms with E-state index in [1.165, 1.54) is 0 Å². The number of nitrogens with one attached hydrogen (secondary N) is 1. The van der Waals surface area contributed by atoms with E-state index < -0.39 is 15.1 Å². The van der Waals surface area contributed by atoms with Gasteiger partial charge < -0.3 is 10.2 Å². The highest BCUT2D eigenvalue weighted by atomic mass is 79.9. The Hall–Kier alpha value is -2.25. The van der Waals surface area contributed by atoms with Crippen molar-refractivity contribution in [2.45, 2.75) is 36.5 Å². The van der Waals surface area contributed by atoms with Crippen molar-refractivity contribution >= 4 is 55.0 Å². The number of carbonyl (C=O) groups is 1. The van der Waals surface area contributed by atoms with E-state index in [0.717, 1.165) is 38.4 Å². The van der Waals surface area contributed by atoms with E-state index in [-0.39, 0.29) is 5.91 Å². The molecule has 0 fully saturated rings. The van der Waals surface area contributed by atoms with Crippen LogP contribution in [0.25, 0.3) is 10.9 Å². The summed E-state index contributed by atoms with van der Waals surface area (Å²) in [6.45, 7) is 6.92. The molecule has 0 saturated heterocycles. The molecule has 1 aliphatic heterocycles. The minimum atomic E-state index is -1.03. The standard InChI is InChI=1S/C23H24BrN3O2S/c1-15-8-9-18-17(12-15)19(26-22(28)23(2,3)24)13-21(25-18)27-10-11-30(29)20-7-5-4-6-16(20)14-27/h4-9,12-13H,10-11,14H2,1-3H3,(H,25,26,28). The van der Waals surface area contributed by atoms with Crippen LogP contribution in [0, 0.1) is 6.92 Å². The van der Waals surface area contributed by atoms with Crippen LogP contribution in [-0.2, 0) is 22.1 Å². The minimum absolute atomic E-state index is 0.121. The number of amides is 1. The molecule has 0 bridgehead atoms. The highest BCUT2D eigenvalue weighted by Crippen LogP contribution is 2.31. The van der Waals surface area contributed by atoms with E-state index in [0.29, 0.717) is 18.8 Å². The summed E-state index contributed by atoms with van der Waals surface area (Å²) >= 11 is 3.44. The van der Waals surface area contributed by atoms with Crippen LogP contribution in [-0.4, -0.2) is 31.7 Å². The van der Waals surface area contributed by atoms with Gasteiger partial charge in [0.05, 0.1) is 26.3 Å². The molecule has 2 aromatic carbocycles. The zero-order valence-electron chi connectivity index (χ0n) is 17.2. The van der Waals surface area contributed by atoms with Crippen molar-refractivity contribution in [1.29, 1.82) is 0 Å². The number of fused-ring (bicyclic) bond motifs is 2. The minimum Gasteiger partial charge on any atom is -0.351 e. The van der Waals surface area contributed by atoms with Gasteiger partial charge >= 0.3 is 0 Å². The molecule has 1 unspecified atom stereocenters. The monoisotopic (exact) mass is 485 g/mol. The molecule has 0 saturated carbocycles. The topological polar surface area (TPSA) is 62.3 Å². The fraction of sp³-hybridized carbons (Fsp3) is 0.304. The quantitative estimate of drug-likeness (QED) is 0.542. The van der Waals surface area contributed by atoms with Crippen molar-refractivity contribution in [2.24, 2.45) is 0 Å². The molecule has 1 aromatic heterocycles. The van der Waals surface area contributed by atoms with Crippen molar-refractivity contribution in [2.75, 3.05) is 22.5 Å². The Bertz CT molecular complexity index is 1160. The summed E-state index contributed by atoms with van der Waals surface area (Å²) in [6, 6.07) is 15.8. The van der Waals surface area contributed by atoms with Crippen molar-refractivity contribution in [3.63, 3.8) is 0 Å². The number of aryl methyl sites for hydroxylation is 1. The molecular formula is C23H24BrN3O2S. The Morgan fingerprint density at radius 3 is 2.73 bits per heavy atom. The fourth-order valence-electron chi connectivity index (χ4n) is 3.50. The van der Waals surface area contributed by atoms with Gasteiger partial charge in [0.2, 0.25) is 5.91 Å². The Morgan fingerprint density at radius 2 is 1.97 bits per heavy atom. The van der Waals surface area contributed by atoms with Gasteiger partial charge in [0, 0.05) is 35.2 Å². The molecule has 30 heavy (non-hydrogen) atoms. The average molecular weight is 486 g/mol. The number of hydrogen-bond acceptors (Lipinski definition) is 4. The number of halogens is 1. The number of hydrogen-bond donors (Lipinski definition) is 1. The number of carbonyl (C=O) groups excluding carboxylic acids is 1. The Kier molecular flexibility index (Phi) is 5.68. The van der Waals surface area contributed by atoms with Crippen LogP contribution in [0.5, 0.6) is 0 Å². The largest absolute Gasteiger partial charge is 0.351 e. The average Bonchev–Trinajstić information content (AvgIpc) is 2.87. The van der Waals surface area contributed by atoms with Gasteiger partial charge in [-0.1, -0.05) is 45.8 Å². The number of pyridine rings is 1. The zero-order valence-corrected chi connectivity index (χ0v) is 19.6. The van der Waals surface area contributed by atoms with Crippen LogP contribution < -0.4 is 10.2 Å². The predicted molar refractivity (Wildman–Crippen MR) is 127 cm³/mol. The van der Waals surface area contributed by atoms with Crippen LogP contribution in [0.15, 0.2) is 53.4 Å². The molecule has 0 spiro atoms. The second-order valence-corrected chi connectivity index (χ2v) is 11.6. The van der Waals surface area contributed by atoms with E-state index in [1.54, 1.807) is 0 Å². The molecule has 1 amide bonds. The molecule has 156 valence electrons. The summed E-state index contributed by atoms with van der Waals surface area (Å²) in [5.74, 6) is 1.19. The molecule has 1 aliphatic rings. The fourth-order valence-corrected chi connectivity index (χ4v) is 4.86. The van der Waals surface area contributed by atoms with Gasteiger partial charge in [0.1, 0.15) is 5.82 Å². The second kappa shape index (κ2) is 8.12.